The van der Waals surface area contributed by atoms with E-state index < -0.39 is 25.7 Å². The Bertz CT molecular complexity index is 2130. The van der Waals surface area contributed by atoms with Crippen LogP contribution >= 0.6 is 0 Å². The lowest BCUT2D eigenvalue weighted by Crippen LogP contribution is -2.57. The average molecular weight is 758 g/mol. The molecule has 0 atom stereocenters. The number of amides is 1. The lowest BCUT2D eigenvalue weighted by atomic mass is 9.60. The SMILES string of the molecule is CC1CCC(Cc2ncc(S(=O)(=O)NC(=O)c3ccc(N4CCC5(CC4)CC(N4CCOCC4)C5)cc3Oc3cnc4[nH]ccc4c3)cc2[N+](=O)[O-])CC1. The van der Waals surface area contributed by atoms with Gasteiger partial charge in [0, 0.05) is 67.8 Å². The van der Waals surface area contributed by atoms with E-state index in [0.717, 1.165) is 101 Å². The van der Waals surface area contributed by atoms with Gasteiger partial charge >= 0.3 is 0 Å². The molecule has 2 aliphatic carbocycles. The number of benzene rings is 1. The topological polar surface area (TPSA) is 173 Å². The molecule has 0 radical (unpaired) electrons. The van der Waals surface area contributed by atoms with Crippen LogP contribution in [0.4, 0.5) is 11.4 Å². The van der Waals surface area contributed by atoms with Gasteiger partial charge in [-0.1, -0.05) is 19.8 Å². The van der Waals surface area contributed by atoms with E-state index in [4.69, 9.17) is 9.47 Å². The Balaban J connectivity index is 1.01. The molecule has 4 aliphatic rings. The Labute approximate surface area is 314 Å². The number of carbonyl (C=O) groups excluding carboxylic acids is 1. The van der Waals surface area contributed by atoms with Gasteiger partial charge in [-0.2, -0.15) is 0 Å². The fourth-order valence-electron chi connectivity index (χ4n) is 8.84. The van der Waals surface area contributed by atoms with Gasteiger partial charge in [0.15, 0.2) is 0 Å². The highest BCUT2D eigenvalue weighted by atomic mass is 32.2. The molecule has 2 saturated carbocycles. The summed E-state index contributed by atoms with van der Waals surface area (Å²) in [7, 11) is -4.54. The summed E-state index contributed by atoms with van der Waals surface area (Å²) >= 11 is 0. The highest BCUT2D eigenvalue weighted by Gasteiger charge is 2.48. The van der Waals surface area contributed by atoms with Crippen LogP contribution in [-0.4, -0.2) is 84.5 Å². The molecule has 54 heavy (non-hydrogen) atoms. The largest absolute Gasteiger partial charge is 0.455 e. The van der Waals surface area contributed by atoms with Crippen molar-refractivity contribution < 1.29 is 27.6 Å². The Hall–Kier alpha value is -4.60. The number of anilines is 1. The summed E-state index contributed by atoms with van der Waals surface area (Å²) in [5.41, 5.74) is 1.76. The second kappa shape index (κ2) is 14.9. The smallest absolute Gasteiger partial charge is 0.292 e. The number of sulfonamides is 1. The predicted molar refractivity (Wildman–Crippen MR) is 202 cm³/mol. The molecular weight excluding hydrogens is 711 g/mol. The fraction of sp³-hybridized carbons (Fsp3) is 0.513. The molecule has 3 aromatic heterocycles. The number of nitrogens with zero attached hydrogens (tertiary/aromatic N) is 5. The van der Waals surface area contributed by atoms with Crippen molar-refractivity contribution in [3.05, 3.63) is 76.4 Å². The van der Waals surface area contributed by atoms with E-state index in [1.165, 1.54) is 19.0 Å². The molecule has 15 heteroatoms. The van der Waals surface area contributed by atoms with Gasteiger partial charge in [-0.15, -0.1) is 0 Å². The van der Waals surface area contributed by atoms with Crippen LogP contribution in [0.1, 0.15) is 74.3 Å². The standard InChI is InChI=1S/C39H47N7O7S/c1-26-2-4-27(5-3-26)18-34-35(46(48)49)21-32(25-41-34)54(50,51)43-38(47)33-7-6-29(20-36(33)53-31-19-28-8-11-40-37(28)42-24-31)44-12-9-39(10-13-44)22-30(23-39)45-14-16-52-17-15-45/h6-8,11,19-21,24-27,30H,2-5,9-10,12-18,22-23H2,1H3,(H,40,42)(H,43,47). The van der Waals surface area contributed by atoms with Gasteiger partial charge in [-0.05, 0) is 86.5 Å². The summed E-state index contributed by atoms with van der Waals surface area (Å²) in [5, 5.41) is 12.9. The van der Waals surface area contributed by atoms with Crippen LogP contribution in [0.3, 0.4) is 0 Å². The van der Waals surface area contributed by atoms with Crippen molar-refractivity contribution >= 4 is 38.3 Å². The van der Waals surface area contributed by atoms with Crippen LogP contribution in [0.15, 0.2) is 59.9 Å². The third-order valence-electron chi connectivity index (χ3n) is 12.2. The second-order valence-electron chi connectivity index (χ2n) is 15.7. The molecule has 4 fully saturated rings. The summed E-state index contributed by atoms with van der Waals surface area (Å²) in [6.07, 6.45) is 13.3. The maximum Gasteiger partial charge on any atom is 0.292 e. The Morgan fingerprint density at radius 2 is 1.80 bits per heavy atom. The van der Waals surface area contributed by atoms with E-state index in [1.54, 1.807) is 24.4 Å². The van der Waals surface area contributed by atoms with Crippen molar-refractivity contribution in [1.29, 1.82) is 0 Å². The molecule has 5 heterocycles. The molecule has 2 saturated heterocycles. The molecule has 1 aromatic carbocycles. The Morgan fingerprint density at radius 1 is 1.04 bits per heavy atom. The van der Waals surface area contributed by atoms with Crippen LogP contribution in [0.25, 0.3) is 11.0 Å². The number of piperidine rings is 1. The summed E-state index contributed by atoms with van der Waals surface area (Å²) in [4.78, 5) is 41.4. The Kier molecular flexibility index (Phi) is 10.0. The van der Waals surface area contributed by atoms with Crippen LogP contribution < -0.4 is 14.4 Å². The van der Waals surface area contributed by atoms with Crippen molar-refractivity contribution in [2.24, 2.45) is 17.3 Å². The fourth-order valence-corrected chi connectivity index (χ4v) is 9.77. The molecule has 1 spiro atoms. The van der Waals surface area contributed by atoms with E-state index in [1.807, 2.05) is 12.1 Å². The van der Waals surface area contributed by atoms with Gasteiger partial charge in [0.05, 0.1) is 29.9 Å². The highest BCUT2D eigenvalue weighted by Crippen LogP contribution is 2.51. The lowest BCUT2D eigenvalue weighted by molar-refractivity contribution is -0.386. The zero-order valence-electron chi connectivity index (χ0n) is 30.5. The van der Waals surface area contributed by atoms with Crippen LogP contribution in [0.5, 0.6) is 11.5 Å². The number of carbonyl (C=O) groups is 1. The first-order valence-electron chi connectivity index (χ1n) is 19.1. The number of hydrogen-bond acceptors (Lipinski definition) is 11. The number of H-pyrrole nitrogens is 1. The normalized spacial score (nSPS) is 22.2. The number of aromatic amines is 1. The summed E-state index contributed by atoms with van der Waals surface area (Å²) < 4.78 is 41.1. The minimum Gasteiger partial charge on any atom is -0.455 e. The summed E-state index contributed by atoms with van der Waals surface area (Å²) in [6, 6.07) is 10.4. The van der Waals surface area contributed by atoms with Crippen molar-refractivity contribution in [2.75, 3.05) is 44.3 Å². The molecule has 0 bridgehead atoms. The van der Waals surface area contributed by atoms with Gasteiger partial charge in [-0.25, -0.2) is 18.1 Å². The molecule has 0 unspecified atom stereocenters. The van der Waals surface area contributed by atoms with Crippen LogP contribution in [-0.2, 0) is 21.2 Å². The second-order valence-corrected chi connectivity index (χ2v) is 17.4. The molecule has 14 nitrogen and oxygen atoms in total. The average Bonchev–Trinajstić information content (AvgIpc) is 3.63. The maximum atomic E-state index is 13.8. The van der Waals surface area contributed by atoms with E-state index in [9.17, 15) is 23.3 Å². The number of nitrogens with one attached hydrogen (secondary N) is 2. The van der Waals surface area contributed by atoms with Crippen molar-refractivity contribution in [3.63, 3.8) is 0 Å². The first-order valence-corrected chi connectivity index (χ1v) is 20.5. The number of pyridine rings is 2. The minimum absolute atomic E-state index is 0.0112. The zero-order valence-corrected chi connectivity index (χ0v) is 31.4. The predicted octanol–water partition coefficient (Wildman–Crippen LogP) is 6.23. The molecule has 4 aromatic rings. The van der Waals surface area contributed by atoms with Gasteiger partial charge in [-0.3, -0.25) is 24.8 Å². The monoisotopic (exact) mass is 757 g/mol. The number of nitro groups is 1. The quantitative estimate of drug-likeness (QED) is 0.139. The third-order valence-corrected chi connectivity index (χ3v) is 13.5. The van der Waals surface area contributed by atoms with Crippen molar-refractivity contribution in [2.45, 2.75) is 75.6 Å². The van der Waals surface area contributed by atoms with Gasteiger partial charge in [0.25, 0.3) is 21.6 Å². The van der Waals surface area contributed by atoms with Crippen molar-refractivity contribution in [1.82, 2.24) is 24.6 Å². The number of morpholine rings is 1. The number of ether oxygens (including phenoxy) is 2. The number of aromatic nitrogens is 3. The molecule has 286 valence electrons. The summed E-state index contributed by atoms with van der Waals surface area (Å²) in [5.74, 6) is 0.479. The first kappa shape index (κ1) is 36.4. The van der Waals surface area contributed by atoms with E-state index in [0.29, 0.717) is 35.2 Å². The van der Waals surface area contributed by atoms with Gasteiger partial charge < -0.3 is 19.4 Å². The van der Waals surface area contributed by atoms with E-state index in [2.05, 4.69) is 36.4 Å². The van der Waals surface area contributed by atoms with E-state index in [-0.39, 0.29) is 28.6 Å². The zero-order chi connectivity index (χ0) is 37.5. The molecular formula is C39H47N7O7S. The first-order chi connectivity index (χ1) is 26.0. The van der Waals surface area contributed by atoms with Crippen LogP contribution in [0, 0.1) is 27.4 Å². The lowest BCUT2D eigenvalue weighted by Gasteiger charge is -2.56. The molecule has 1 amide bonds. The van der Waals surface area contributed by atoms with E-state index >= 15 is 0 Å². The maximum absolute atomic E-state index is 13.8. The number of fused-ring (bicyclic) bond motifs is 1. The molecule has 8 rings (SSSR count). The number of hydrogen-bond donors (Lipinski definition) is 2. The molecule has 2 aliphatic heterocycles. The van der Waals surface area contributed by atoms with Crippen molar-refractivity contribution in [3.8, 4) is 11.5 Å². The Morgan fingerprint density at radius 3 is 2.54 bits per heavy atom. The third kappa shape index (κ3) is 7.66. The van der Waals surface area contributed by atoms with Crippen LogP contribution in [0.2, 0.25) is 0 Å². The minimum atomic E-state index is -4.54. The van der Waals surface area contributed by atoms with Gasteiger partial charge in [0.1, 0.15) is 27.7 Å². The highest BCUT2D eigenvalue weighted by molar-refractivity contribution is 7.90. The molecule has 2 N–H and O–H groups in total. The van der Waals surface area contributed by atoms with Gasteiger partial charge in [0.2, 0.25) is 0 Å². The number of rotatable bonds is 10. The summed E-state index contributed by atoms with van der Waals surface area (Å²) in [6.45, 7) is 7.54.